The Morgan fingerprint density at radius 2 is 2.31 bits per heavy atom. The molecule has 1 aromatic heterocycles. The molecule has 0 radical (unpaired) electrons. The van der Waals surface area contributed by atoms with Crippen LogP contribution in [0.2, 0.25) is 5.15 Å². The van der Waals surface area contributed by atoms with Crippen molar-refractivity contribution < 1.29 is 0 Å². The van der Waals surface area contributed by atoms with Crippen LogP contribution in [0.15, 0.2) is 6.33 Å². The largest absolute Gasteiger partial charge is 0.393 e. The molecule has 3 N–H and O–H groups in total. The molecule has 1 aliphatic rings. The van der Waals surface area contributed by atoms with Crippen molar-refractivity contribution in [3.63, 3.8) is 0 Å². The van der Waals surface area contributed by atoms with Crippen molar-refractivity contribution in [1.29, 1.82) is 0 Å². The zero-order valence-corrected chi connectivity index (χ0v) is 10.7. The standard InChI is InChI=1S/C10H15ClN4S/c1-16-10(3-2-4-10)5-13-9-7(12)8(11)14-6-15-9/h6H,2-5,12H2,1H3,(H,13,14,15). The summed E-state index contributed by atoms with van der Waals surface area (Å²) in [6.07, 6.45) is 7.38. The third kappa shape index (κ3) is 2.20. The van der Waals surface area contributed by atoms with Crippen LogP contribution in [0.4, 0.5) is 11.5 Å². The van der Waals surface area contributed by atoms with E-state index in [0.717, 1.165) is 6.54 Å². The molecule has 0 amide bonds. The van der Waals surface area contributed by atoms with Gasteiger partial charge >= 0.3 is 0 Å². The number of thioether (sulfide) groups is 1. The summed E-state index contributed by atoms with van der Waals surface area (Å²) in [6, 6.07) is 0. The Hall–Kier alpha value is -0.680. The maximum absolute atomic E-state index is 5.82. The van der Waals surface area contributed by atoms with E-state index in [4.69, 9.17) is 17.3 Å². The first-order valence-corrected chi connectivity index (χ1v) is 6.82. The Balaban J connectivity index is 2.02. The summed E-state index contributed by atoms with van der Waals surface area (Å²) < 4.78 is 0.351. The molecule has 1 aliphatic carbocycles. The van der Waals surface area contributed by atoms with Crippen molar-refractivity contribution >= 4 is 34.9 Å². The number of nitrogens with one attached hydrogen (secondary N) is 1. The molecule has 1 aromatic rings. The van der Waals surface area contributed by atoms with Gasteiger partial charge in [0.25, 0.3) is 0 Å². The molecule has 88 valence electrons. The minimum atomic E-state index is 0.310. The van der Waals surface area contributed by atoms with Crippen LogP contribution in [-0.4, -0.2) is 27.5 Å². The second kappa shape index (κ2) is 4.67. The second-order valence-electron chi connectivity index (χ2n) is 4.02. The van der Waals surface area contributed by atoms with Gasteiger partial charge in [0.05, 0.1) is 0 Å². The van der Waals surface area contributed by atoms with E-state index in [2.05, 4.69) is 21.5 Å². The maximum atomic E-state index is 5.82. The molecular formula is C10H15ClN4S. The number of hydrogen-bond acceptors (Lipinski definition) is 5. The first-order chi connectivity index (χ1) is 7.67. The van der Waals surface area contributed by atoms with Crippen molar-refractivity contribution in [3.05, 3.63) is 11.5 Å². The highest BCUT2D eigenvalue weighted by Crippen LogP contribution is 2.42. The van der Waals surface area contributed by atoms with Gasteiger partial charge < -0.3 is 11.1 Å². The molecule has 2 rings (SSSR count). The van der Waals surface area contributed by atoms with Gasteiger partial charge in [-0.1, -0.05) is 18.0 Å². The fraction of sp³-hybridized carbons (Fsp3) is 0.600. The van der Waals surface area contributed by atoms with Crippen LogP contribution >= 0.6 is 23.4 Å². The highest BCUT2D eigenvalue weighted by atomic mass is 35.5. The fourth-order valence-corrected chi connectivity index (χ4v) is 2.83. The molecule has 4 nitrogen and oxygen atoms in total. The number of nitrogens with zero attached hydrogens (tertiary/aromatic N) is 2. The van der Waals surface area contributed by atoms with E-state index in [9.17, 15) is 0 Å². The number of anilines is 2. The van der Waals surface area contributed by atoms with Gasteiger partial charge in [-0.2, -0.15) is 11.8 Å². The normalized spacial score (nSPS) is 17.9. The average molecular weight is 259 g/mol. The lowest BCUT2D eigenvalue weighted by atomic mass is 9.84. The number of nitrogens with two attached hydrogens (primary N) is 1. The minimum absolute atomic E-state index is 0.310. The topological polar surface area (TPSA) is 63.8 Å². The highest BCUT2D eigenvalue weighted by molar-refractivity contribution is 8.00. The van der Waals surface area contributed by atoms with Crippen LogP contribution in [0, 0.1) is 0 Å². The third-order valence-corrected chi connectivity index (χ3v) is 4.83. The number of aromatic nitrogens is 2. The zero-order valence-electron chi connectivity index (χ0n) is 9.16. The van der Waals surface area contributed by atoms with Gasteiger partial charge in [-0.25, -0.2) is 9.97 Å². The van der Waals surface area contributed by atoms with Crippen molar-refractivity contribution in [1.82, 2.24) is 9.97 Å². The van der Waals surface area contributed by atoms with Crippen molar-refractivity contribution in [2.75, 3.05) is 23.9 Å². The van der Waals surface area contributed by atoms with Gasteiger partial charge in [0.2, 0.25) is 0 Å². The van der Waals surface area contributed by atoms with Gasteiger partial charge in [0, 0.05) is 11.3 Å². The SMILES string of the molecule is CSC1(CNc2ncnc(Cl)c2N)CCC1. The van der Waals surface area contributed by atoms with E-state index in [1.165, 1.54) is 25.6 Å². The summed E-state index contributed by atoms with van der Waals surface area (Å²) in [5, 5.41) is 3.58. The lowest BCUT2D eigenvalue weighted by Crippen LogP contribution is -2.40. The molecule has 0 aromatic carbocycles. The number of halogens is 1. The average Bonchev–Trinajstić information content (AvgIpc) is 2.23. The lowest BCUT2D eigenvalue weighted by Gasteiger charge is -2.40. The maximum Gasteiger partial charge on any atom is 0.157 e. The highest BCUT2D eigenvalue weighted by Gasteiger charge is 2.36. The summed E-state index contributed by atoms with van der Waals surface area (Å²) in [5.41, 5.74) is 6.22. The van der Waals surface area contributed by atoms with Gasteiger partial charge in [0.1, 0.15) is 12.0 Å². The van der Waals surface area contributed by atoms with Crippen LogP contribution < -0.4 is 11.1 Å². The molecule has 1 saturated carbocycles. The molecule has 0 bridgehead atoms. The summed E-state index contributed by atoms with van der Waals surface area (Å²) in [4.78, 5) is 7.92. The Bertz CT molecular complexity index is 376. The zero-order chi connectivity index (χ0) is 11.6. The Kier molecular flexibility index (Phi) is 3.44. The van der Waals surface area contributed by atoms with E-state index in [1.807, 2.05) is 11.8 Å². The predicted molar refractivity (Wildman–Crippen MR) is 70.0 cm³/mol. The van der Waals surface area contributed by atoms with Crippen LogP contribution in [-0.2, 0) is 0 Å². The summed E-state index contributed by atoms with van der Waals surface area (Å²) in [7, 11) is 0. The number of rotatable bonds is 4. The molecule has 16 heavy (non-hydrogen) atoms. The minimum Gasteiger partial charge on any atom is -0.393 e. The van der Waals surface area contributed by atoms with Crippen LogP contribution in [0.1, 0.15) is 19.3 Å². The molecule has 1 fully saturated rings. The lowest BCUT2D eigenvalue weighted by molar-refractivity contribution is 0.379. The summed E-state index contributed by atoms with van der Waals surface area (Å²) >= 11 is 7.73. The Morgan fingerprint density at radius 1 is 1.56 bits per heavy atom. The third-order valence-electron chi connectivity index (χ3n) is 3.11. The van der Waals surface area contributed by atoms with Crippen molar-refractivity contribution in [2.45, 2.75) is 24.0 Å². The van der Waals surface area contributed by atoms with E-state index >= 15 is 0 Å². The Labute approximate surface area is 104 Å². The molecule has 0 atom stereocenters. The van der Waals surface area contributed by atoms with Crippen LogP contribution in [0.25, 0.3) is 0 Å². The van der Waals surface area contributed by atoms with Crippen LogP contribution in [0.3, 0.4) is 0 Å². The molecule has 0 aliphatic heterocycles. The summed E-state index contributed by atoms with van der Waals surface area (Å²) in [5.74, 6) is 0.639. The smallest absolute Gasteiger partial charge is 0.157 e. The monoisotopic (exact) mass is 258 g/mol. The Morgan fingerprint density at radius 3 is 2.88 bits per heavy atom. The van der Waals surface area contributed by atoms with E-state index in [-0.39, 0.29) is 0 Å². The van der Waals surface area contributed by atoms with Gasteiger partial charge in [-0.05, 0) is 19.1 Å². The fourth-order valence-electron chi connectivity index (χ4n) is 1.78. The van der Waals surface area contributed by atoms with Crippen molar-refractivity contribution in [2.24, 2.45) is 0 Å². The van der Waals surface area contributed by atoms with E-state index in [0.29, 0.717) is 21.4 Å². The van der Waals surface area contributed by atoms with E-state index < -0.39 is 0 Å². The molecule has 6 heteroatoms. The number of nitrogen functional groups attached to an aromatic ring is 1. The molecular weight excluding hydrogens is 244 g/mol. The first-order valence-electron chi connectivity index (χ1n) is 5.22. The molecule has 0 unspecified atom stereocenters. The second-order valence-corrected chi connectivity index (χ2v) is 5.65. The van der Waals surface area contributed by atoms with Crippen LogP contribution in [0.5, 0.6) is 0 Å². The molecule has 0 spiro atoms. The van der Waals surface area contributed by atoms with E-state index in [1.54, 1.807) is 0 Å². The molecule has 1 heterocycles. The summed E-state index contributed by atoms with van der Waals surface area (Å²) in [6.45, 7) is 0.881. The molecule has 0 saturated heterocycles. The van der Waals surface area contributed by atoms with Gasteiger partial charge in [-0.3, -0.25) is 0 Å². The quantitative estimate of drug-likeness (QED) is 0.812. The van der Waals surface area contributed by atoms with Gasteiger partial charge in [0.15, 0.2) is 11.0 Å². The first kappa shape index (κ1) is 11.8. The van der Waals surface area contributed by atoms with Crippen molar-refractivity contribution in [3.8, 4) is 0 Å². The number of hydrogen-bond donors (Lipinski definition) is 2. The predicted octanol–water partition coefficient (Wildman–Crippen LogP) is 2.41. The van der Waals surface area contributed by atoms with Gasteiger partial charge in [-0.15, -0.1) is 0 Å².